The highest BCUT2D eigenvalue weighted by Gasteiger charge is 2.46. The van der Waals surface area contributed by atoms with E-state index in [2.05, 4.69) is 37.0 Å². The number of hydrogen-bond donors (Lipinski definition) is 0. The van der Waals surface area contributed by atoms with Gasteiger partial charge in [0.25, 0.3) is 0 Å². The Morgan fingerprint density at radius 1 is 1.18 bits per heavy atom. The fourth-order valence-electron chi connectivity index (χ4n) is 6.49. The lowest BCUT2D eigenvalue weighted by Gasteiger charge is -2.44. The van der Waals surface area contributed by atoms with Crippen LogP contribution in [-0.4, -0.2) is 18.9 Å². The Bertz CT molecular complexity index is 749. The lowest BCUT2D eigenvalue weighted by molar-refractivity contribution is -0.151. The van der Waals surface area contributed by atoms with Crippen LogP contribution in [0.15, 0.2) is 48.5 Å². The molecule has 0 spiro atoms. The molecule has 0 aromatic heterocycles. The number of hydrogen-bond acceptors (Lipinski definition) is 4. The molecule has 0 aromatic carbocycles. The molecule has 33 heavy (non-hydrogen) atoms. The number of allylic oxidation sites excluding steroid dienone is 5. The van der Waals surface area contributed by atoms with Crippen molar-refractivity contribution < 1.29 is 19.1 Å². The van der Waals surface area contributed by atoms with Crippen molar-refractivity contribution in [3.63, 3.8) is 0 Å². The summed E-state index contributed by atoms with van der Waals surface area (Å²) in [5, 5.41) is 0. The summed E-state index contributed by atoms with van der Waals surface area (Å²) in [5.41, 5.74) is 3.92. The van der Waals surface area contributed by atoms with Gasteiger partial charge in [-0.3, -0.25) is 4.79 Å². The lowest BCUT2D eigenvalue weighted by Crippen LogP contribution is -2.35. The molecule has 0 N–H and O–H groups in total. The van der Waals surface area contributed by atoms with Crippen molar-refractivity contribution in [2.24, 2.45) is 23.2 Å². The molecule has 4 aliphatic rings. The number of carbonyl (C=O) groups excluding carboxylic acids is 2. The van der Waals surface area contributed by atoms with Crippen LogP contribution in [-0.2, 0) is 19.1 Å². The number of fused-ring (bicyclic) bond motifs is 4. The quantitative estimate of drug-likeness (QED) is 0.250. The van der Waals surface area contributed by atoms with Gasteiger partial charge in [-0.2, -0.15) is 0 Å². The predicted molar refractivity (Wildman–Crippen MR) is 134 cm³/mol. The van der Waals surface area contributed by atoms with E-state index in [1.165, 1.54) is 57.6 Å². The van der Waals surface area contributed by atoms with E-state index in [1.54, 1.807) is 18.1 Å². The first-order chi connectivity index (χ1) is 15.9. The molecular formula is C29H44O4. The molecule has 4 aliphatic carbocycles. The molecule has 0 saturated heterocycles. The van der Waals surface area contributed by atoms with Crippen LogP contribution in [0.5, 0.6) is 0 Å². The minimum absolute atomic E-state index is 0.0115. The number of carbonyl (C=O) groups is 2. The summed E-state index contributed by atoms with van der Waals surface area (Å²) in [5.74, 6) is 2.75. The molecule has 5 unspecified atom stereocenters. The van der Waals surface area contributed by atoms with Gasteiger partial charge in [-0.25, -0.2) is 0 Å². The van der Waals surface area contributed by atoms with E-state index >= 15 is 0 Å². The Balaban J connectivity index is 0.000000421. The highest BCUT2D eigenvalue weighted by Crippen LogP contribution is 2.54. The van der Waals surface area contributed by atoms with Gasteiger partial charge >= 0.3 is 5.97 Å². The average Bonchev–Trinajstić information content (AvgIpc) is 3.19. The van der Waals surface area contributed by atoms with Crippen molar-refractivity contribution in [3.05, 3.63) is 48.5 Å². The second kappa shape index (κ2) is 13.0. The van der Waals surface area contributed by atoms with Crippen molar-refractivity contribution in [2.75, 3.05) is 0 Å². The highest BCUT2D eigenvalue weighted by molar-refractivity contribution is 5.69. The summed E-state index contributed by atoms with van der Waals surface area (Å²) < 4.78 is 10.4. The molecule has 2 saturated carbocycles. The molecule has 0 aromatic rings. The molecule has 4 heteroatoms. The van der Waals surface area contributed by atoms with Gasteiger partial charge in [0.1, 0.15) is 12.9 Å². The molecule has 184 valence electrons. The average molecular weight is 457 g/mol. The lowest BCUT2D eigenvalue weighted by atomic mass is 9.61. The van der Waals surface area contributed by atoms with Crippen LogP contribution in [0.1, 0.15) is 91.4 Å². The van der Waals surface area contributed by atoms with Gasteiger partial charge in [0.2, 0.25) is 0 Å². The minimum atomic E-state index is -0.0115. The van der Waals surface area contributed by atoms with Crippen LogP contribution in [0.2, 0.25) is 0 Å². The van der Waals surface area contributed by atoms with Gasteiger partial charge in [0.15, 0.2) is 0 Å². The molecule has 0 amide bonds. The topological polar surface area (TPSA) is 52.6 Å². The minimum Gasteiger partial charge on any atom is -0.471 e. The van der Waals surface area contributed by atoms with E-state index in [9.17, 15) is 4.79 Å². The highest BCUT2D eigenvalue weighted by atomic mass is 16.5. The molecular weight excluding hydrogens is 412 g/mol. The van der Waals surface area contributed by atoms with E-state index in [0.29, 0.717) is 23.5 Å². The Kier molecular flexibility index (Phi) is 10.7. The van der Waals surface area contributed by atoms with Crippen molar-refractivity contribution in [1.82, 2.24) is 0 Å². The molecule has 4 rings (SSSR count). The molecule has 0 aliphatic heterocycles. The van der Waals surface area contributed by atoms with Crippen molar-refractivity contribution >= 4 is 12.8 Å². The largest absolute Gasteiger partial charge is 0.471 e. The van der Waals surface area contributed by atoms with Crippen LogP contribution in [0.3, 0.4) is 0 Å². The van der Waals surface area contributed by atoms with Gasteiger partial charge in [-0.15, -0.1) is 0 Å². The zero-order valence-electron chi connectivity index (χ0n) is 21.1. The van der Waals surface area contributed by atoms with Crippen molar-refractivity contribution in [1.29, 1.82) is 0 Å². The smallest absolute Gasteiger partial charge is 0.305 e. The third-order valence-electron chi connectivity index (χ3n) is 7.97. The van der Waals surface area contributed by atoms with E-state index < -0.39 is 0 Å². The van der Waals surface area contributed by atoms with Crippen molar-refractivity contribution in [3.8, 4) is 0 Å². The second-order valence-corrected chi connectivity index (χ2v) is 10.1. The Hall–Kier alpha value is -2.10. The SMILES string of the molecule is C=COC(=C)C.C=O.CCC(=O)OC1CCC2C3CCCC4=CCCCC4(C)CC3=CCC12. The Morgan fingerprint density at radius 2 is 1.94 bits per heavy atom. The summed E-state index contributed by atoms with van der Waals surface area (Å²) in [4.78, 5) is 19.8. The maximum absolute atomic E-state index is 11.8. The maximum Gasteiger partial charge on any atom is 0.305 e. The van der Waals surface area contributed by atoms with Crippen LogP contribution >= 0.6 is 0 Å². The zero-order chi connectivity index (χ0) is 24.4. The first kappa shape index (κ1) is 27.1. The van der Waals surface area contributed by atoms with Crippen LogP contribution in [0.25, 0.3) is 0 Å². The van der Waals surface area contributed by atoms with E-state index in [1.807, 2.05) is 13.7 Å². The zero-order valence-corrected chi connectivity index (χ0v) is 21.1. The fraction of sp³-hybridized carbons (Fsp3) is 0.655. The monoisotopic (exact) mass is 456 g/mol. The molecule has 0 bridgehead atoms. The molecule has 0 radical (unpaired) electrons. The van der Waals surface area contributed by atoms with E-state index in [4.69, 9.17) is 9.53 Å². The van der Waals surface area contributed by atoms with Gasteiger partial charge in [-0.1, -0.05) is 50.3 Å². The summed E-state index contributed by atoms with van der Waals surface area (Å²) >= 11 is 0. The summed E-state index contributed by atoms with van der Waals surface area (Å²) in [6, 6.07) is 0. The molecule has 0 heterocycles. The normalized spacial score (nSPS) is 32.1. The predicted octanol–water partition coefficient (Wildman–Crippen LogP) is 7.47. The second-order valence-electron chi connectivity index (χ2n) is 10.1. The third kappa shape index (κ3) is 6.94. The van der Waals surface area contributed by atoms with Crippen LogP contribution in [0, 0.1) is 23.2 Å². The van der Waals surface area contributed by atoms with E-state index in [-0.39, 0.29) is 12.1 Å². The third-order valence-corrected chi connectivity index (χ3v) is 7.97. The first-order valence-corrected chi connectivity index (χ1v) is 12.7. The van der Waals surface area contributed by atoms with Crippen LogP contribution in [0.4, 0.5) is 0 Å². The first-order valence-electron chi connectivity index (χ1n) is 12.7. The maximum atomic E-state index is 11.8. The number of rotatable bonds is 4. The summed E-state index contributed by atoms with van der Waals surface area (Å²) in [6.07, 6.45) is 19.9. The van der Waals surface area contributed by atoms with E-state index in [0.717, 1.165) is 24.7 Å². The summed E-state index contributed by atoms with van der Waals surface area (Å²) in [7, 11) is 0. The van der Waals surface area contributed by atoms with Crippen LogP contribution < -0.4 is 0 Å². The standard InChI is InChI=1S/C23H34O2.C5H8O.CH2O/c1-3-22(24)25-21-13-12-19-18-9-6-8-17-7-4-5-14-23(17,2)15-16(18)10-11-20(19)21;1-4-6-5(2)3;1-2/h7,10,18-21H,3-6,8-9,11-15H2,1-2H3;4H,1-2H2,3H3;1H2. The van der Waals surface area contributed by atoms with Gasteiger partial charge in [0.05, 0.1) is 12.0 Å². The fourth-order valence-corrected chi connectivity index (χ4v) is 6.49. The van der Waals surface area contributed by atoms with Gasteiger partial charge in [-0.05, 0) is 88.4 Å². The molecule has 2 fully saturated rings. The van der Waals surface area contributed by atoms with Gasteiger partial charge in [0, 0.05) is 12.3 Å². The Labute approximate surface area is 201 Å². The number of ether oxygens (including phenoxy) is 2. The van der Waals surface area contributed by atoms with Crippen molar-refractivity contribution in [2.45, 2.75) is 97.5 Å². The molecule has 4 nitrogen and oxygen atoms in total. The molecule has 5 atom stereocenters. The number of esters is 1. The Morgan fingerprint density at radius 3 is 2.58 bits per heavy atom. The summed E-state index contributed by atoms with van der Waals surface area (Å²) in [6.45, 7) is 15.0. The van der Waals surface area contributed by atoms with Gasteiger partial charge < -0.3 is 14.3 Å².